The number of rotatable bonds is 47. The van der Waals surface area contributed by atoms with Crippen molar-refractivity contribution in [2.75, 3.05) is 19.8 Å². The summed E-state index contributed by atoms with van der Waals surface area (Å²) < 4.78 is 22.8. The number of hydrogen-bond donors (Lipinski definition) is 9. The summed E-state index contributed by atoms with van der Waals surface area (Å²) in [6.45, 7) is 2.87. The zero-order valence-corrected chi connectivity index (χ0v) is 44.5. The molecule has 2 fully saturated rings. The van der Waals surface area contributed by atoms with Gasteiger partial charge in [-0.25, -0.2) is 0 Å². The first-order valence-corrected chi connectivity index (χ1v) is 29.3. The molecular formula is C56H109NO13. The van der Waals surface area contributed by atoms with E-state index in [0.717, 1.165) is 51.4 Å². The molecule has 0 radical (unpaired) electrons. The number of aliphatic hydroxyl groups excluding tert-OH is 8. The van der Waals surface area contributed by atoms with Gasteiger partial charge in [-0.1, -0.05) is 239 Å². The predicted molar refractivity (Wildman–Crippen MR) is 277 cm³/mol. The molecule has 70 heavy (non-hydrogen) atoms. The largest absolute Gasteiger partial charge is 0.394 e. The van der Waals surface area contributed by atoms with E-state index in [-0.39, 0.29) is 12.5 Å². The van der Waals surface area contributed by atoms with Crippen molar-refractivity contribution in [3.05, 3.63) is 0 Å². The van der Waals surface area contributed by atoms with Crippen LogP contribution in [0.4, 0.5) is 0 Å². The summed E-state index contributed by atoms with van der Waals surface area (Å²) in [5, 5.41) is 87.0. The number of carbonyl (C=O) groups excluding carboxylic acids is 1. The van der Waals surface area contributed by atoms with Crippen LogP contribution < -0.4 is 5.32 Å². The molecule has 9 N–H and O–H groups in total. The van der Waals surface area contributed by atoms with Gasteiger partial charge in [-0.2, -0.15) is 0 Å². The highest BCUT2D eigenvalue weighted by Gasteiger charge is 2.51. The monoisotopic (exact) mass is 1000 g/mol. The van der Waals surface area contributed by atoms with E-state index >= 15 is 0 Å². The zero-order valence-electron chi connectivity index (χ0n) is 44.5. The van der Waals surface area contributed by atoms with E-state index in [1.807, 2.05) is 0 Å². The van der Waals surface area contributed by atoms with Crippen LogP contribution in [0.15, 0.2) is 0 Å². The Morgan fingerprint density at radius 3 is 1.21 bits per heavy atom. The van der Waals surface area contributed by atoms with Crippen molar-refractivity contribution in [3.63, 3.8) is 0 Å². The van der Waals surface area contributed by atoms with Gasteiger partial charge in [0.2, 0.25) is 5.91 Å². The summed E-state index contributed by atoms with van der Waals surface area (Å²) in [7, 11) is 0. The number of amides is 1. The van der Waals surface area contributed by atoms with E-state index in [9.17, 15) is 45.6 Å². The molecule has 0 aliphatic carbocycles. The summed E-state index contributed by atoms with van der Waals surface area (Å²) in [4.78, 5) is 13.2. The fourth-order valence-corrected chi connectivity index (χ4v) is 10.1. The van der Waals surface area contributed by atoms with Gasteiger partial charge in [0.15, 0.2) is 12.6 Å². The topological polar surface area (TPSA) is 228 Å². The van der Waals surface area contributed by atoms with Gasteiger partial charge in [0.05, 0.1) is 32.0 Å². The van der Waals surface area contributed by atoms with Crippen molar-refractivity contribution >= 4 is 5.91 Å². The van der Waals surface area contributed by atoms with Crippen LogP contribution >= 0.6 is 0 Å². The van der Waals surface area contributed by atoms with Crippen LogP contribution in [-0.4, -0.2) is 140 Å². The number of ether oxygens (including phenoxy) is 4. The SMILES string of the molecule is CCCCCCCCCCCCCCCCCCCCCCCCCCCCC(O)C(COC1OC(CO)C(OC2OC(CO)C(O)C(O)C2O)C(O)C1O)NC(=O)CCCCCCCCCCCC. The van der Waals surface area contributed by atoms with Crippen molar-refractivity contribution in [3.8, 4) is 0 Å². The lowest BCUT2D eigenvalue weighted by atomic mass is 9.97. The highest BCUT2D eigenvalue weighted by Crippen LogP contribution is 2.30. The molecule has 1 amide bonds. The summed E-state index contributed by atoms with van der Waals surface area (Å²) in [5.41, 5.74) is 0. The molecule has 2 rings (SSSR count). The van der Waals surface area contributed by atoms with E-state index in [1.165, 1.54) is 180 Å². The molecule has 12 atom stereocenters. The van der Waals surface area contributed by atoms with Crippen LogP contribution in [0, 0.1) is 0 Å². The van der Waals surface area contributed by atoms with Crippen LogP contribution in [0.1, 0.15) is 258 Å². The second kappa shape index (κ2) is 43.3. The number of carbonyl (C=O) groups is 1. The molecule has 14 nitrogen and oxygen atoms in total. The van der Waals surface area contributed by atoms with Crippen LogP contribution in [-0.2, 0) is 23.7 Å². The fraction of sp³-hybridized carbons (Fsp3) is 0.982. The number of hydrogen-bond acceptors (Lipinski definition) is 13. The minimum absolute atomic E-state index is 0.205. The van der Waals surface area contributed by atoms with Crippen LogP contribution in [0.3, 0.4) is 0 Å². The van der Waals surface area contributed by atoms with Gasteiger partial charge in [-0.3, -0.25) is 4.79 Å². The number of unbranched alkanes of at least 4 members (excludes halogenated alkanes) is 34. The van der Waals surface area contributed by atoms with E-state index < -0.39 is 86.8 Å². The Bertz CT molecular complexity index is 1180. The molecule has 12 unspecified atom stereocenters. The lowest BCUT2D eigenvalue weighted by Crippen LogP contribution is -2.65. The Labute approximate surface area is 425 Å². The van der Waals surface area contributed by atoms with Crippen LogP contribution in [0.5, 0.6) is 0 Å². The molecule has 2 aliphatic heterocycles. The van der Waals surface area contributed by atoms with Gasteiger partial charge < -0.3 is 65.1 Å². The van der Waals surface area contributed by atoms with Gasteiger partial charge in [0.1, 0.15) is 48.8 Å². The normalized spacial score (nSPS) is 25.9. The van der Waals surface area contributed by atoms with Gasteiger partial charge in [0, 0.05) is 6.42 Å². The summed E-state index contributed by atoms with van der Waals surface area (Å²) in [6.07, 6.45) is 29.8. The van der Waals surface area contributed by atoms with Crippen molar-refractivity contribution < 1.29 is 64.6 Å². The molecule has 416 valence electrons. The average molecular weight is 1000 g/mol. The van der Waals surface area contributed by atoms with E-state index in [4.69, 9.17) is 18.9 Å². The maximum atomic E-state index is 13.2. The summed E-state index contributed by atoms with van der Waals surface area (Å²) in [5.74, 6) is -0.205. The highest BCUT2D eigenvalue weighted by molar-refractivity contribution is 5.76. The first kappa shape index (κ1) is 65.1. The quantitative estimate of drug-likeness (QED) is 0.0259. The molecule has 2 saturated heterocycles. The molecule has 2 aliphatic rings. The van der Waals surface area contributed by atoms with E-state index in [2.05, 4.69) is 19.2 Å². The van der Waals surface area contributed by atoms with Gasteiger partial charge in [0.25, 0.3) is 0 Å². The smallest absolute Gasteiger partial charge is 0.220 e. The molecule has 0 aromatic carbocycles. The van der Waals surface area contributed by atoms with Gasteiger partial charge >= 0.3 is 0 Å². The predicted octanol–water partition coefficient (Wildman–Crippen LogP) is 9.34. The second-order valence-corrected chi connectivity index (χ2v) is 21.1. The molecule has 0 aromatic rings. The lowest BCUT2D eigenvalue weighted by Gasteiger charge is -2.46. The number of nitrogens with one attached hydrogen (secondary N) is 1. The third-order valence-electron chi connectivity index (χ3n) is 14.8. The molecule has 0 spiro atoms. The highest BCUT2D eigenvalue weighted by atomic mass is 16.7. The Morgan fingerprint density at radius 1 is 0.457 bits per heavy atom. The Kier molecular flexibility index (Phi) is 40.2. The standard InChI is InChI=1S/C56H109NO13/c1-3-5-7-9-11-13-15-16-17-18-19-20-21-22-23-24-25-26-27-28-29-30-31-33-35-37-39-45(60)44(57-48(61)40-38-36-34-32-14-12-10-8-6-4-2)43-67-55-53(66)51(64)54(47(42-59)69-55)70-56-52(65)50(63)49(62)46(41-58)68-56/h44-47,49-56,58-60,62-66H,3-43H2,1-2H3,(H,57,61). The molecular weight excluding hydrogens is 895 g/mol. The minimum atomic E-state index is -1.78. The van der Waals surface area contributed by atoms with Crippen LogP contribution in [0.2, 0.25) is 0 Å². The van der Waals surface area contributed by atoms with Gasteiger partial charge in [-0.05, 0) is 12.8 Å². The molecule has 0 aromatic heterocycles. The van der Waals surface area contributed by atoms with E-state index in [0.29, 0.717) is 12.8 Å². The van der Waals surface area contributed by atoms with Crippen LogP contribution in [0.25, 0.3) is 0 Å². The second-order valence-electron chi connectivity index (χ2n) is 21.1. The Balaban J connectivity index is 1.68. The first-order chi connectivity index (χ1) is 34.1. The van der Waals surface area contributed by atoms with Gasteiger partial charge in [-0.15, -0.1) is 0 Å². The summed E-state index contributed by atoms with van der Waals surface area (Å²) >= 11 is 0. The van der Waals surface area contributed by atoms with Crippen molar-refractivity contribution in [1.29, 1.82) is 0 Å². The van der Waals surface area contributed by atoms with Crippen molar-refractivity contribution in [2.24, 2.45) is 0 Å². The Morgan fingerprint density at radius 2 is 0.814 bits per heavy atom. The first-order valence-electron chi connectivity index (χ1n) is 29.3. The van der Waals surface area contributed by atoms with E-state index in [1.54, 1.807) is 0 Å². The maximum Gasteiger partial charge on any atom is 0.220 e. The molecule has 0 saturated carbocycles. The fourth-order valence-electron chi connectivity index (χ4n) is 10.1. The third-order valence-corrected chi connectivity index (χ3v) is 14.8. The summed E-state index contributed by atoms with van der Waals surface area (Å²) in [6, 6.07) is -0.821. The average Bonchev–Trinajstić information content (AvgIpc) is 3.36. The van der Waals surface area contributed by atoms with Crippen molar-refractivity contribution in [1.82, 2.24) is 5.32 Å². The Hall–Kier alpha value is -1.01. The molecule has 0 bridgehead atoms. The number of aliphatic hydroxyl groups is 8. The van der Waals surface area contributed by atoms with Crippen molar-refractivity contribution in [2.45, 2.75) is 331 Å². The molecule has 2 heterocycles. The maximum absolute atomic E-state index is 13.2. The third kappa shape index (κ3) is 29.2. The minimum Gasteiger partial charge on any atom is -0.394 e. The molecule has 14 heteroatoms. The lowest BCUT2D eigenvalue weighted by molar-refractivity contribution is -0.359. The zero-order chi connectivity index (χ0) is 51.0.